The van der Waals surface area contributed by atoms with Crippen LogP contribution in [0.1, 0.15) is 26.7 Å². The summed E-state index contributed by atoms with van der Waals surface area (Å²) < 4.78 is 5.10. The highest BCUT2D eigenvalue weighted by Gasteiger charge is 2.48. The van der Waals surface area contributed by atoms with Gasteiger partial charge in [-0.05, 0) is 32.6 Å². The first-order chi connectivity index (χ1) is 5.66. The Balaban J connectivity index is 1.81. The van der Waals surface area contributed by atoms with E-state index in [4.69, 9.17) is 4.74 Å². The molecular formula is C9H15NO2. The molecule has 2 rings (SSSR count). The molecule has 1 aliphatic heterocycles. The van der Waals surface area contributed by atoms with Gasteiger partial charge in [-0.15, -0.1) is 0 Å². The SMILES string of the molecule is CC(C)OC(=O)C1CC2CC2N1. The van der Waals surface area contributed by atoms with Crippen molar-refractivity contribution in [3.8, 4) is 0 Å². The molecule has 3 heteroatoms. The number of rotatable bonds is 2. The van der Waals surface area contributed by atoms with Crippen LogP contribution in [0.2, 0.25) is 0 Å². The number of carbonyl (C=O) groups is 1. The standard InChI is InChI=1S/C9H15NO2/c1-5(2)12-9(11)8-4-6-3-7(6)10-8/h5-8,10H,3-4H2,1-2H3. The zero-order valence-corrected chi connectivity index (χ0v) is 7.54. The van der Waals surface area contributed by atoms with Gasteiger partial charge in [-0.2, -0.15) is 0 Å². The molecule has 0 bridgehead atoms. The van der Waals surface area contributed by atoms with Gasteiger partial charge in [0.2, 0.25) is 0 Å². The maximum Gasteiger partial charge on any atom is 0.323 e. The van der Waals surface area contributed by atoms with Crippen molar-refractivity contribution in [1.29, 1.82) is 0 Å². The van der Waals surface area contributed by atoms with E-state index in [1.54, 1.807) is 0 Å². The van der Waals surface area contributed by atoms with Gasteiger partial charge >= 0.3 is 5.97 Å². The zero-order chi connectivity index (χ0) is 8.72. The van der Waals surface area contributed by atoms with Crippen molar-refractivity contribution in [2.75, 3.05) is 0 Å². The highest BCUT2D eigenvalue weighted by molar-refractivity contribution is 5.76. The molecule has 0 radical (unpaired) electrons. The Labute approximate surface area is 72.5 Å². The topological polar surface area (TPSA) is 38.3 Å². The van der Waals surface area contributed by atoms with Crippen LogP contribution < -0.4 is 5.32 Å². The third-order valence-electron chi connectivity index (χ3n) is 2.51. The van der Waals surface area contributed by atoms with Crippen LogP contribution in [0.3, 0.4) is 0 Å². The molecule has 0 spiro atoms. The summed E-state index contributed by atoms with van der Waals surface area (Å²) in [5.41, 5.74) is 0. The van der Waals surface area contributed by atoms with E-state index in [1.807, 2.05) is 13.8 Å². The van der Waals surface area contributed by atoms with Crippen molar-refractivity contribution >= 4 is 5.97 Å². The number of ether oxygens (including phenoxy) is 1. The van der Waals surface area contributed by atoms with Crippen molar-refractivity contribution in [1.82, 2.24) is 5.32 Å². The number of fused-ring (bicyclic) bond motifs is 1. The van der Waals surface area contributed by atoms with Gasteiger partial charge in [0.15, 0.2) is 0 Å². The average Bonchev–Trinajstić information content (AvgIpc) is 2.57. The predicted octanol–water partition coefficient (Wildman–Crippen LogP) is 0.688. The zero-order valence-electron chi connectivity index (χ0n) is 7.54. The molecule has 2 fully saturated rings. The summed E-state index contributed by atoms with van der Waals surface area (Å²) in [5.74, 6) is 0.687. The lowest BCUT2D eigenvalue weighted by Crippen LogP contribution is -2.36. The fraction of sp³-hybridized carbons (Fsp3) is 0.889. The number of esters is 1. The van der Waals surface area contributed by atoms with Gasteiger partial charge in [0.1, 0.15) is 6.04 Å². The number of piperidine rings is 1. The Kier molecular flexibility index (Phi) is 1.83. The van der Waals surface area contributed by atoms with E-state index in [1.165, 1.54) is 6.42 Å². The van der Waals surface area contributed by atoms with Crippen molar-refractivity contribution < 1.29 is 9.53 Å². The van der Waals surface area contributed by atoms with Crippen LogP contribution in [-0.2, 0) is 9.53 Å². The van der Waals surface area contributed by atoms with Crippen LogP contribution in [0.5, 0.6) is 0 Å². The van der Waals surface area contributed by atoms with Crippen LogP contribution in [0.15, 0.2) is 0 Å². The smallest absolute Gasteiger partial charge is 0.323 e. The molecule has 0 aromatic heterocycles. The van der Waals surface area contributed by atoms with Crippen molar-refractivity contribution in [3.63, 3.8) is 0 Å². The predicted molar refractivity (Wildman–Crippen MR) is 44.7 cm³/mol. The average molecular weight is 169 g/mol. The fourth-order valence-corrected chi connectivity index (χ4v) is 1.82. The molecular weight excluding hydrogens is 154 g/mol. The summed E-state index contributed by atoms with van der Waals surface area (Å²) in [6, 6.07) is 0.603. The van der Waals surface area contributed by atoms with Crippen LogP contribution in [-0.4, -0.2) is 24.2 Å². The first-order valence-corrected chi connectivity index (χ1v) is 4.63. The number of carbonyl (C=O) groups excluding carboxylic acids is 1. The first kappa shape index (κ1) is 8.05. The largest absolute Gasteiger partial charge is 0.462 e. The lowest BCUT2D eigenvalue weighted by molar-refractivity contribution is -0.149. The quantitative estimate of drug-likeness (QED) is 0.618. The van der Waals surface area contributed by atoms with E-state index in [-0.39, 0.29) is 18.1 Å². The Bertz CT molecular complexity index is 193. The number of nitrogens with one attached hydrogen (secondary N) is 1. The lowest BCUT2D eigenvalue weighted by Gasteiger charge is -2.14. The maximum atomic E-state index is 11.3. The summed E-state index contributed by atoms with van der Waals surface area (Å²) in [4.78, 5) is 11.3. The molecule has 1 saturated heterocycles. The second-order valence-corrected chi connectivity index (χ2v) is 4.04. The van der Waals surface area contributed by atoms with Gasteiger partial charge in [0, 0.05) is 6.04 Å². The highest BCUT2D eigenvalue weighted by atomic mass is 16.5. The maximum absolute atomic E-state index is 11.3. The monoisotopic (exact) mass is 169 g/mol. The van der Waals surface area contributed by atoms with Crippen LogP contribution in [0.25, 0.3) is 0 Å². The summed E-state index contributed by atoms with van der Waals surface area (Å²) in [6.45, 7) is 3.77. The van der Waals surface area contributed by atoms with E-state index >= 15 is 0 Å². The molecule has 3 unspecified atom stereocenters. The first-order valence-electron chi connectivity index (χ1n) is 4.63. The number of hydrogen-bond acceptors (Lipinski definition) is 3. The molecule has 1 aliphatic carbocycles. The molecule has 1 N–H and O–H groups in total. The summed E-state index contributed by atoms with van der Waals surface area (Å²) >= 11 is 0. The van der Waals surface area contributed by atoms with Crippen LogP contribution in [0, 0.1) is 5.92 Å². The molecule has 2 aliphatic rings. The lowest BCUT2D eigenvalue weighted by atomic mass is 10.2. The summed E-state index contributed by atoms with van der Waals surface area (Å²) in [5, 5.41) is 3.26. The minimum atomic E-state index is -0.0720. The Morgan fingerprint density at radius 1 is 1.50 bits per heavy atom. The molecule has 68 valence electrons. The van der Waals surface area contributed by atoms with Crippen molar-refractivity contribution in [2.45, 2.75) is 44.9 Å². The molecule has 12 heavy (non-hydrogen) atoms. The van der Waals surface area contributed by atoms with E-state index < -0.39 is 0 Å². The van der Waals surface area contributed by atoms with Crippen LogP contribution in [0.4, 0.5) is 0 Å². The second-order valence-electron chi connectivity index (χ2n) is 4.04. The molecule has 1 saturated carbocycles. The number of hydrogen-bond donors (Lipinski definition) is 1. The Hall–Kier alpha value is -0.570. The third-order valence-corrected chi connectivity index (χ3v) is 2.51. The minimum absolute atomic E-state index is 0.0104. The molecule has 3 atom stereocenters. The molecule has 1 heterocycles. The Morgan fingerprint density at radius 3 is 2.75 bits per heavy atom. The Morgan fingerprint density at radius 2 is 2.25 bits per heavy atom. The second kappa shape index (κ2) is 2.73. The van der Waals surface area contributed by atoms with Gasteiger partial charge in [-0.1, -0.05) is 0 Å². The van der Waals surface area contributed by atoms with Gasteiger partial charge in [-0.3, -0.25) is 4.79 Å². The molecule has 0 aromatic carbocycles. The summed E-state index contributed by atoms with van der Waals surface area (Å²) in [6.07, 6.45) is 2.25. The van der Waals surface area contributed by atoms with E-state index in [0.717, 1.165) is 12.3 Å². The molecule has 0 amide bonds. The van der Waals surface area contributed by atoms with Gasteiger partial charge in [-0.25, -0.2) is 0 Å². The minimum Gasteiger partial charge on any atom is -0.462 e. The van der Waals surface area contributed by atoms with Gasteiger partial charge in [0.05, 0.1) is 6.10 Å². The van der Waals surface area contributed by atoms with E-state index in [9.17, 15) is 4.79 Å². The highest BCUT2D eigenvalue weighted by Crippen LogP contribution is 2.40. The van der Waals surface area contributed by atoms with Crippen molar-refractivity contribution in [3.05, 3.63) is 0 Å². The van der Waals surface area contributed by atoms with Gasteiger partial charge in [0.25, 0.3) is 0 Å². The van der Waals surface area contributed by atoms with Crippen LogP contribution >= 0.6 is 0 Å². The van der Waals surface area contributed by atoms with E-state index in [2.05, 4.69) is 5.32 Å². The van der Waals surface area contributed by atoms with E-state index in [0.29, 0.717) is 6.04 Å². The summed E-state index contributed by atoms with van der Waals surface area (Å²) in [7, 11) is 0. The third kappa shape index (κ3) is 1.46. The van der Waals surface area contributed by atoms with Gasteiger partial charge < -0.3 is 10.1 Å². The normalized spacial score (nSPS) is 38.1. The molecule has 3 nitrogen and oxygen atoms in total. The fourth-order valence-electron chi connectivity index (χ4n) is 1.82. The van der Waals surface area contributed by atoms with Crippen molar-refractivity contribution in [2.24, 2.45) is 5.92 Å². The molecule has 0 aromatic rings.